The van der Waals surface area contributed by atoms with Crippen molar-refractivity contribution in [3.05, 3.63) is 34.1 Å². The molecule has 1 aliphatic heterocycles. The van der Waals surface area contributed by atoms with Crippen molar-refractivity contribution >= 4 is 27.8 Å². The van der Waals surface area contributed by atoms with Gasteiger partial charge in [-0.3, -0.25) is 9.59 Å². The molecular weight excluding hydrogens is 341 g/mol. The topological polar surface area (TPSA) is 57.6 Å². The van der Waals surface area contributed by atoms with E-state index in [2.05, 4.69) is 15.9 Å². The number of likely N-dealkylation sites (tertiary alicyclic amines) is 1. The van der Waals surface area contributed by atoms with Crippen LogP contribution in [0.1, 0.15) is 37.8 Å². The lowest BCUT2D eigenvalue weighted by Gasteiger charge is -2.39. The molecule has 114 valence electrons. The van der Waals surface area contributed by atoms with E-state index >= 15 is 0 Å². The second kappa shape index (κ2) is 6.56. The average Bonchev–Trinajstić information content (AvgIpc) is 2.43. The Hall–Kier alpha value is -1.43. The summed E-state index contributed by atoms with van der Waals surface area (Å²) in [4.78, 5) is 25.2. The summed E-state index contributed by atoms with van der Waals surface area (Å²) in [5.74, 6) is -2.37. The van der Waals surface area contributed by atoms with Gasteiger partial charge in [0.15, 0.2) is 0 Å². The standard InChI is InChI=1S/C15H17BrFNO3/c1-2-7-18-13(19)6-4-10(15(20)21)14(18)11-8-9(16)3-5-12(11)17/h3,5,8,10,14H,2,4,6-7H2,1H3,(H,20,21). The van der Waals surface area contributed by atoms with Gasteiger partial charge in [0.05, 0.1) is 12.0 Å². The third kappa shape index (κ3) is 3.26. The minimum absolute atomic E-state index is 0.112. The molecular formula is C15H17BrFNO3. The minimum Gasteiger partial charge on any atom is -0.481 e. The summed E-state index contributed by atoms with van der Waals surface area (Å²) in [6, 6.07) is 3.67. The van der Waals surface area contributed by atoms with Crippen LogP contribution < -0.4 is 0 Å². The fraction of sp³-hybridized carbons (Fsp3) is 0.467. The van der Waals surface area contributed by atoms with E-state index in [1.165, 1.54) is 11.0 Å². The highest BCUT2D eigenvalue weighted by Crippen LogP contribution is 2.39. The molecule has 1 fully saturated rings. The van der Waals surface area contributed by atoms with Crippen LogP contribution in [0.25, 0.3) is 0 Å². The van der Waals surface area contributed by atoms with Crippen LogP contribution in [0.3, 0.4) is 0 Å². The molecule has 1 aromatic carbocycles. The van der Waals surface area contributed by atoms with Gasteiger partial charge >= 0.3 is 5.97 Å². The van der Waals surface area contributed by atoms with E-state index in [4.69, 9.17) is 0 Å². The fourth-order valence-corrected chi connectivity index (χ4v) is 3.22. The maximum absolute atomic E-state index is 14.2. The van der Waals surface area contributed by atoms with Crippen molar-refractivity contribution in [3.63, 3.8) is 0 Å². The highest BCUT2D eigenvalue weighted by molar-refractivity contribution is 9.10. The molecule has 1 aromatic rings. The normalized spacial score (nSPS) is 22.4. The predicted octanol–water partition coefficient (Wildman–Crippen LogP) is 3.36. The van der Waals surface area contributed by atoms with Crippen LogP contribution in [0.15, 0.2) is 22.7 Å². The molecule has 6 heteroatoms. The number of amides is 1. The fourth-order valence-electron chi connectivity index (χ4n) is 2.84. The smallest absolute Gasteiger partial charge is 0.308 e. The third-order valence-corrected chi connectivity index (χ3v) is 4.26. The van der Waals surface area contributed by atoms with Crippen molar-refractivity contribution in [1.29, 1.82) is 0 Å². The largest absolute Gasteiger partial charge is 0.481 e. The first-order chi connectivity index (χ1) is 9.95. The zero-order valence-corrected chi connectivity index (χ0v) is 13.3. The molecule has 2 rings (SSSR count). The Bertz CT molecular complexity index is 564. The number of halogens is 2. The zero-order valence-electron chi connectivity index (χ0n) is 11.7. The highest BCUT2D eigenvalue weighted by Gasteiger charge is 2.41. The summed E-state index contributed by atoms with van der Waals surface area (Å²) in [7, 11) is 0. The van der Waals surface area contributed by atoms with Crippen molar-refractivity contribution in [2.45, 2.75) is 32.2 Å². The van der Waals surface area contributed by atoms with Crippen molar-refractivity contribution in [3.8, 4) is 0 Å². The van der Waals surface area contributed by atoms with Crippen molar-refractivity contribution < 1.29 is 19.1 Å². The lowest BCUT2D eigenvalue weighted by Crippen LogP contribution is -2.46. The molecule has 0 bridgehead atoms. The average molecular weight is 358 g/mol. The van der Waals surface area contributed by atoms with Gasteiger partial charge in [-0.2, -0.15) is 0 Å². The van der Waals surface area contributed by atoms with Crippen LogP contribution in [-0.4, -0.2) is 28.4 Å². The second-order valence-corrected chi connectivity index (χ2v) is 6.10. The van der Waals surface area contributed by atoms with Crippen LogP contribution >= 0.6 is 15.9 Å². The molecule has 21 heavy (non-hydrogen) atoms. The first-order valence-electron chi connectivity index (χ1n) is 6.93. The van der Waals surface area contributed by atoms with Gasteiger partial charge in [-0.05, 0) is 31.0 Å². The van der Waals surface area contributed by atoms with Gasteiger partial charge in [-0.15, -0.1) is 0 Å². The number of hydrogen-bond acceptors (Lipinski definition) is 2. The number of piperidine rings is 1. The van der Waals surface area contributed by atoms with E-state index in [0.29, 0.717) is 17.4 Å². The van der Waals surface area contributed by atoms with Gasteiger partial charge < -0.3 is 10.0 Å². The quantitative estimate of drug-likeness (QED) is 0.898. The van der Waals surface area contributed by atoms with Crippen molar-refractivity contribution in [1.82, 2.24) is 4.90 Å². The minimum atomic E-state index is -0.993. The molecule has 0 radical (unpaired) electrons. The number of aliphatic carboxylic acids is 1. The summed E-state index contributed by atoms with van der Waals surface area (Å²) in [5.41, 5.74) is 0.262. The van der Waals surface area contributed by atoms with Crippen LogP contribution in [0.2, 0.25) is 0 Å². The second-order valence-electron chi connectivity index (χ2n) is 5.18. The van der Waals surface area contributed by atoms with E-state index in [-0.39, 0.29) is 24.3 Å². The lowest BCUT2D eigenvalue weighted by molar-refractivity contribution is -0.152. The third-order valence-electron chi connectivity index (χ3n) is 3.76. The van der Waals surface area contributed by atoms with E-state index in [9.17, 15) is 19.1 Å². The van der Waals surface area contributed by atoms with E-state index in [0.717, 1.165) is 0 Å². The lowest BCUT2D eigenvalue weighted by atomic mass is 9.84. The SMILES string of the molecule is CCCN1C(=O)CCC(C(=O)O)C1c1cc(Br)ccc1F. The molecule has 1 N–H and O–H groups in total. The van der Waals surface area contributed by atoms with Crippen LogP contribution in [0.5, 0.6) is 0 Å². The molecule has 2 atom stereocenters. The summed E-state index contributed by atoms with van der Waals surface area (Å²) in [6.07, 6.45) is 1.14. The number of carboxylic acids is 1. The maximum atomic E-state index is 14.2. The molecule has 0 aliphatic carbocycles. The Balaban J connectivity index is 2.51. The molecule has 0 spiro atoms. The summed E-state index contributed by atoms with van der Waals surface area (Å²) in [6.45, 7) is 2.34. The van der Waals surface area contributed by atoms with Gasteiger partial charge in [0.25, 0.3) is 0 Å². The molecule has 1 amide bonds. The Labute approximate surface area is 131 Å². The maximum Gasteiger partial charge on any atom is 0.308 e. The summed E-state index contributed by atoms with van der Waals surface area (Å²) >= 11 is 3.28. The number of carbonyl (C=O) groups excluding carboxylic acids is 1. The van der Waals surface area contributed by atoms with Gasteiger partial charge in [0.1, 0.15) is 5.82 Å². The number of carboxylic acid groups (broad SMARTS) is 1. The van der Waals surface area contributed by atoms with E-state index < -0.39 is 23.7 Å². The highest BCUT2D eigenvalue weighted by atomic mass is 79.9. The van der Waals surface area contributed by atoms with Crippen molar-refractivity contribution in [2.75, 3.05) is 6.54 Å². The number of hydrogen-bond donors (Lipinski definition) is 1. The number of nitrogens with zero attached hydrogens (tertiary/aromatic N) is 1. The number of benzene rings is 1. The zero-order chi connectivity index (χ0) is 15.6. The molecule has 1 aliphatic rings. The van der Waals surface area contributed by atoms with Gasteiger partial charge in [0, 0.05) is 23.0 Å². The van der Waals surface area contributed by atoms with Crippen LogP contribution in [0, 0.1) is 11.7 Å². The molecule has 1 saturated heterocycles. The first-order valence-corrected chi connectivity index (χ1v) is 7.72. The molecule has 0 saturated carbocycles. The molecule has 2 unspecified atom stereocenters. The Morgan fingerprint density at radius 1 is 1.52 bits per heavy atom. The number of rotatable bonds is 4. The summed E-state index contributed by atoms with van der Waals surface area (Å²) < 4.78 is 14.8. The van der Waals surface area contributed by atoms with Crippen LogP contribution in [-0.2, 0) is 9.59 Å². The predicted molar refractivity (Wildman–Crippen MR) is 79.2 cm³/mol. The molecule has 0 aromatic heterocycles. The van der Waals surface area contributed by atoms with E-state index in [1.54, 1.807) is 12.1 Å². The monoisotopic (exact) mass is 357 g/mol. The Morgan fingerprint density at radius 3 is 2.86 bits per heavy atom. The van der Waals surface area contributed by atoms with Gasteiger partial charge in [-0.25, -0.2) is 4.39 Å². The molecule has 4 nitrogen and oxygen atoms in total. The first kappa shape index (κ1) is 15.9. The number of carbonyl (C=O) groups is 2. The Morgan fingerprint density at radius 2 is 2.24 bits per heavy atom. The summed E-state index contributed by atoms with van der Waals surface area (Å²) in [5, 5.41) is 9.43. The van der Waals surface area contributed by atoms with Gasteiger partial charge in [-0.1, -0.05) is 22.9 Å². The Kier molecular flexibility index (Phi) is 4.98. The van der Waals surface area contributed by atoms with Crippen molar-refractivity contribution in [2.24, 2.45) is 5.92 Å². The van der Waals surface area contributed by atoms with Crippen LogP contribution in [0.4, 0.5) is 4.39 Å². The van der Waals surface area contributed by atoms with Gasteiger partial charge in [0.2, 0.25) is 5.91 Å². The van der Waals surface area contributed by atoms with E-state index in [1.807, 2.05) is 6.92 Å². The molecule has 1 heterocycles.